The largest absolute Gasteiger partial charge is 0.335 e. The maximum atomic E-state index is 11.9. The van der Waals surface area contributed by atoms with Crippen LogP contribution < -0.4 is 11.0 Å². The number of amides is 1. The smallest absolute Gasteiger partial charge is 0.251 e. The summed E-state index contributed by atoms with van der Waals surface area (Å²) < 4.78 is 0.214. The Hall–Kier alpha value is -1.76. The summed E-state index contributed by atoms with van der Waals surface area (Å²) in [6.07, 6.45) is 3.48. The highest BCUT2D eigenvalue weighted by atomic mass is 32.1. The van der Waals surface area contributed by atoms with E-state index in [9.17, 15) is 9.59 Å². The molecule has 0 aliphatic heterocycles. The topological polar surface area (TPSA) is 90.1 Å². The van der Waals surface area contributed by atoms with Gasteiger partial charge in [-0.3, -0.25) is 14.6 Å². The van der Waals surface area contributed by atoms with Crippen LogP contribution in [0, 0.1) is 16.6 Å². The molecule has 1 aliphatic rings. The molecule has 0 radical (unpaired) electrons. The lowest BCUT2D eigenvalue weighted by Gasteiger charge is -2.26. The van der Waals surface area contributed by atoms with E-state index in [4.69, 9.17) is 12.2 Å². The van der Waals surface area contributed by atoms with Gasteiger partial charge in [-0.1, -0.05) is 20.3 Å². The molecular weight excluding hydrogens is 288 g/mol. The van der Waals surface area contributed by atoms with Crippen LogP contribution in [0.4, 0.5) is 0 Å². The molecule has 0 bridgehead atoms. The standard InChI is InChI=1S/C14H20N4O2S/c1-8-4-3-5-9(2)13(8)18-17-12(20)7-10-6-11(19)16-14(21)15-10/h6,8-9H,3-5,7H2,1-2H3,(H,17,20)(H2,15,16,19,21)/t8-,9-/m0/s1. The van der Waals surface area contributed by atoms with Crippen molar-refractivity contribution in [2.45, 2.75) is 39.5 Å². The van der Waals surface area contributed by atoms with Crippen molar-refractivity contribution in [2.75, 3.05) is 0 Å². The van der Waals surface area contributed by atoms with Crippen LogP contribution in [0.3, 0.4) is 0 Å². The number of aromatic nitrogens is 2. The third-order valence-corrected chi connectivity index (χ3v) is 3.97. The lowest BCUT2D eigenvalue weighted by molar-refractivity contribution is -0.120. The van der Waals surface area contributed by atoms with Gasteiger partial charge in [-0.2, -0.15) is 5.10 Å². The third kappa shape index (κ3) is 4.35. The monoisotopic (exact) mass is 308 g/mol. The van der Waals surface area contributed by atoms with Crippen molar-refractivity contribution < 1.29 is 4.79 Å². The fraction of sp³-hybridized carbons (Fsp3) is 0.571. The fourth-order valence-corrected chi connectivity index (χ4v) is 2.92. The average molecular weight is 308 g/mol. The molecule has 1 heterocycles. The predicted octanol–water partition coefficient (Wildman–Crippen LogP) is 1.90. The fourth-order valence-electron chi connectivity index (χ4n) is 2.69. The summed E-state index contributed by atoms with van der Waals surface area (Å²) in [5.41, 5.74) is 3.79. The quantitative estimate of drug-likeness (QED) is 0.588. The minimum absolute atomic E-state index is 0.0487. The number of carbonyl (C=O) groups is 1. The van der Waals surface area contributed by atoms with Crippen molar-refractivity contribution in [1.82, 2.24) is 15.4 Å². The van der Waals surface area contributed by atoms with Gasteiger partial charge in [0.05, 0.1) is 6.42 Å². The second-order valence-corrected chi connectivity index (χ2v) is 6.00. The summed E-state index contributed by atoms with van der Waals surface area (Å²) in [6, 6.07) is 1.33. The van der Waals surface area contributed by atoms with Crippen molar-refractivity contribution in [2.24, 2.45) is 16.9 Å². The molecule has 2 rings (SSSR count). The van der Waals surface area contributed by atoms with Crippen LogP contribution in [0.2, 0.25) is 0 Å². The number of hydrogen-bond donors (Lipinski definition) is 3. The average Bonchev–Trinajstić information content (AvgIpc) is 2.36. The molecule has 2 atom stereocenters. The normalized spacial score (nSPS) is 21.9. The van der Waals surface area contributed by atoms with Gasteiger partial charge in [0, 0.05) is 17.5 Å². The first-order valence-corrected chi connectivity index (χ1v) is 7.55. The highest BCUT2D eigenvalue weighted by molar-refractivity contribution is 7.71. The molecule has 21 heavy (non-hydrogen) atoms. The molecule has 0 unspecified atom stereocenters. The van der Waals surface area contributed by atoms with Gasteiger partial charge in [-0.15, -0.1) is 0 Å². The minimum atomic E-state index is -0.317. The van der Waals surface area contributed by atoms with Gasteiger partial charge < -0.3 is 4.98 Å². The molecule has 1 saturated carbocycles. The van der Waals surface area contributed by atoms with Crippen LogP contribution in [-0.4, -0.2) is 21.6 Å². The molecule has 3 N–H and O–H groups in total. The van der Waals surface area contributed by atoms with Crippen LogP contribution in [0.5, 0.6) is 0 Å². The number of rotatable bonds is 3. The molecule has 0 spiro atoms. The van der Waals surface area contributed by atoms with E-state index in [0.29, 0.717) is 17.5 Å². The maximum absolute atomic E-state index is 11.9. The number of H-pyrrole nitrogens is 2. The molecule has 1 aromatic heterocycles. The lowest BCUT2D eigenvalue weighted by atomic mass is 9.81. The summed E-state index contributed by atoms with van der Waals surface area (Å²) >= 11 is 4.87. The van der Waals surface area contributed by atoms with Gasteiger partial charge in [0.25, 0.3) is 5.56 Å². The first-order valence-electron chi connectivity index (χ1n) is 7.14. The minimum Gasteiger partial charge on any atom is -0.335 e. The first-order chi connectivity index (χ1) is 9.95. The summed E-state index contributed by atoms with van der Waals surface area (Å²) in [7, 11) is 0. The molecule has 1 fully saturated rings. The van der Waals surface area contributed by atoms with E-state index in [0.717, 1.165) is 18.6 Å². The summed E-state index contributed by atoms with van der Waals surface area (Å²) in [4.78, 5) is 28.4. The van der Waals surface area contributed by atoms with Crippen molar-refractivity contribution in [3.05, 3.63) is 26.9 Å². The second-order valence-electron chi connectivity index (χ2n) is 5.59. The van der Waals surface area contributed by atoms with Crippen LogP contribution in [0.15, 0.2) is 16.0 Å². The van der Waals surface area contributed by atoms with E-state index in [2.05, 4.69) is 34.3 Å². The van der Waals surface area contributed by atoms with Gasteiger partial charge in [0.2, 0.25) is 5.91 Å². The Balaban J connectivity index is 2.01. The van der Waals surface area contributed by atoms with Gasteiger partial charge in [0.15, 0.2) is 4.77 Å². The highest BCUT2D eigenvalue weighted by Crippen LogP contribution is 2.25. The van der Waals surface area contributed by atoms with E-state index in [1.807, 2.05) is 0 Å². The summed E-state index contributed by atoms with van der Waals surface area (Å²) in [6.45, 7) is 4.27. The third-order valence-electron chi connectivity index (χ3n) is 3.76. The Morgan fingerprint density at radius 3 is 2.67 bits per heavy atom. The Morgan fingerprint density at radius 2 is 2.05 bits per heavy atom. The van der Waals surface area contributed by atoms with E-state index in [1.165, 1.54) is 12.5 Å². The number of hydrogen-bond acceptors (Lipinski definition) is 4. The number of carbonyl (C=O) groups excluding carboxylic acids is 1. The number of aromatic amines is 2. The van der Waals surface area contributed by atoms with E-state index in [-0.39, 0.29) is 22.7 Å². The number of hydrazone groups is 1. The Kier molecular flexibility index (Phi) is 5.06. The Labute approximate surface area is 128 Å². The van der Waals surface area contributed by atoms with E-state index in [1.54, 1.807) is 0 Å². The van der Waals surface area contributed by atoms with Crippen LogP contribution in [-0.2, 0) is 11.2 Å². The zero-order chi connectivity index (χ0) is 15.4. The number of nitrogens with one attached hydrogen (secondary N) is 3. The summed E-state index contributed by atoms with van der Waals surface area (Å²) in [5.74, 6) is 0.544. The van der Waals surface area contributed by atoms with Crippen LogP contribution in [0.25, 0.3) is 0 Å². The zero-order valence-electron chi connectivity index (χ0n) is 12.2. The zero-order valence-corrected chi connectivity index (χ0v) is 13.0. The van der Waals surface area contributed by atoms with Crippen molar-refractivity contribution in [3.8, 4) is 0 Å². The molecule has 1 amide bonds. The Morgan fingerprint density at radius 1 is 1.38 bits per heavy atom. The summed E-state index contributed by atoms with van der Waals surface area (Å²) in [5, 5.41) is 4.28. The molecule has 0 saturated heterocycles. The number of nitrogens with zero attached hydrogens (tertiary/aromatic N) is 1. The van der Waals surface area contributed by atoms with Crippen molar-refractivity contribution >= 4 is 23.8 Å². The van der Waals surface area contributed by atoms with Gasteiger partial charge in [-0.25, -0.2) is 5.43 Å². The van der Waals surface area contributed by atoms with E-state index < -0.39 is 0 Å². The van der Waals surface area contributed by atoms with Crippen LogP contribution >= 0.6 is 12.2 Å². The molecule has 1 aromatic rings. The SMILES string of the molecule is C[C@H]1CCC[C@H](C)C1=NNC(=O)Cc1cc(=O)[nH]c(=S)[nH]1. The molecule has 7 heteroatoms. The highest BCUT2D eigenvalue weighted by Gasteiger charge is 2.23. The molecule has 6 nitrogen and oxygen atoms in total. The molecule has 114 valence electrons. The molecular formula is C14H20N4O2S. The Bertz CT molecular complexity index is 621. The maximum Gasteiger partial charge on any atom is 0.251 e. The van der Waals surface area contributed by atoms with Gasteiger partial charge in [0.1, 0.15) is 0 Å². The van der Waals surface area contributed by atoms with E-state index >= 15 is 0 Å². The predicted molar refractivity (Wildman–Crippen MR) is 83.7 cm³/mol. The second kappa shape index (κ2) is 6.80. The first kappa shape index (κ1) is 15.6. The van der Waals surface area contributed by atoms with Gasteiger partial charge >= 0.3 is 0 Å². The van der Waals surface area contributed by atoms with Crippen molar-refractivity contribution in [3.63, 3.8) is 0 Å². The van der Waals surface area contributed by atoms with Crippen molar-refractivity contribution in [1.29, 1.82) is 0 Å². The van der Waals surface area contributed by atoms with Gasteiger partial charge in [-0.05, 0) is 36.9 Å². The van der Waals surface area contributed by atoms with Crippen LogP contribution in [0.1, 0.15) is 38.8 Å². The molecule has 1 aliphatic carbocycles. The molecule has 0 aromatic carbocycles. The lowest BCUT2D eigenvalue weighted by Crippen LogP contribution is -2.30.